The van der Waals surface area contributed by atoms with Gasteiger partial charge in [0.25, 0.3) is 5.69 Å². The smallest absolute Gasteiger partial charge is 0.269 e. The van der Waals surface area contributed by atoms with Gasteiger partial charge in [0.2, 0.25) is 11.8 Å². The number of nitro groups is 1. The predicted octanol–water partition coefficient (Wildman–Crippen LogP) is 2.55. The van der Waals surface area contributed by atoms with Crippen molar-refractivity contribution in [3.63, 3.8) is 0 Å². The van der Waals surface area contributed by atoms with Crippen molar-refractivity contribution in [1.29, 1.82) is 0 Å². The normalized spacial score (nSPS) is 18.3. The molecule has 2 amide bonds. The van der Waals surface area contributed by atoms with Gasteiger partial charge >= 0.3 is 0 Å². The van der Waals surface area contributed by atoms with Gasteiger partial charge in [0.15, 0.2) is 0 Å². The summed E-state index contributed by atoms with van der Waals surface area (Å²) < 4.78 is 5.21. The number of nitro benzene ring substituents is 1. The van der Waals surface area contributed by atoms with Crippen molar-refractivity contribution < 1.29 is 19.2 Å². The Morgan fingerprint density at radius 1 is 1.25 bits per heavy atom. The molecule has 28 heavy (non-hydrogen) atoms. The lowest BCUT2D eigenvalue weighted by Gasteiger charge is -2.22. The third-order valence-electron chi connectivity index (χ3n) is 5.27. The predicted molar refractivity (Wildman–Crippen MR) is 103 cm³/mol. The van der Waals surface area contributed by atoms with Gasteiger partial charge in [0.05, 0.1) is 18.0 Å². The van der Waals surface area contributed by atoms with Crippen LogP contribution in [0, 0.1) is 16.0 Å². The highest BCUT2D eigenvalue weighted by Crippen LogP contribution is 2.35. The molecular formula is C20H19N3O5. The van der Waals surface area contributed by atoms with Crippen LogP contribution >= 0.6 is 0 Å². The van der Waals surface area contributed by atoms with Crippen molar-refractivity contribution in [3.8, 4) is 5.75 Å². The van der Waals surface area contributed by atoms with E-state index < -0.39 is 10.8 Å². The summed E-state index contributed by atoms with van der Waals surface area (Å²) in [5, 5.41) is 11.0. The van der Waals surface area contributed by atoms with Crippen LogP contribution in [-0.2, 0) is 16.0 Å². The van der Waals surface area contributed by atoms with Crippen LogP contribution < -0.4 is 14.5 Å². The summed E-state index contributed by atoms with van der Waals surface area (Å²) in [6.45, 7) is 0.781. The quantitative estimate of drug-likeness (QED) is 0.599. The number of benzene rings is 2. The number of ether oxygens (including phenoxy) is 1. The highest BCUT2D eigenvalue weighted by atomic mass is 16.6. The summed E-state index contributed by atoms with van der Waals surface area (Å²) in [6.07, 6.45) is 0.720. The number of rotatable bonds is 4. The zero-order valence-electron chi connectivity index (χ0n) is 15.3. The third-order valence-corrected chi connectivity index (χ3v) is 5.27. The SMILES string of the molecule is COc1cccc(N2C[C@H](C(=O)N3CCc4cc([N+](=O)[O-])ccc43)CC2=O)c1. The lowest BCUT2D eigenvalue weighted by Crippen LogP contribution is -2.36. The molecule has 1 saturated heterocycles. The van der Waals surface area contributed by atoms with E-state index in [2.05, 4.69) is 0 Å². The number of methoxy groups -OCH3 is 1. The first-order chi connectivity index (χ1) is 13.5. The number of amides is 2. The first kappa shape index (κ1) is 18.0. The first-order valence-corrected chi connectivity index (χ1v) is 9.01. The summed E-state index contributed by atoms with van der Waals surface area (Å²) in [4.78, 5) is 39.3. The van der Waals surface area contributed by atoms with Gasteiger partial charge in [0, 0.05) is 49.1 Å². The number of hydrogen-bond donors (Lipinski definition) is 0. The van der Waals surface area contributed by atoms with Gasteiger partial charge < -0.3 is 14.5 Å². The Bertz CT molecular complexity index is 974. The van der Waals surface area contributed by atoms with E-state index in [0.29, 0.717) is 36.6 Å². The summed E-state index contributed by atoms with van der Waals surface area (Å²) in [7, 11) is 1.56. The van der Waals surface area contributed by atoms with Crippen molar-refractivity contribution in [1.82, 2.24) is 0 Å². The average molecular weight is 381 g/mol. The highest BCUT2D eigenvalue weighted by Gasteiger charge is 2.39. The number of nitrogens with zero attached hydrogens (tertiary/aromatic N) is 3. The molecule has 2 aliphatic rings. The van der Waals surface area contributed by atoms with E-state index in [1.807, 2.05) is 6.07 Å². The van der Waals surface area contributed by atoms with E-state index >= 15 is 0 Å². The Balaban J connectivity index is 1.53. The molecule has 8 nitrogen and oxygen atoms in total. The van der Waals surface area contributed by atoms with Crippen molar-refractivity contribution in [2.75, 3.05) is 30.0 Å². The maximum atomic E-state index is 13.1. The number of carbonyl (C=O) groups is 2. The average Bonchev–Trinajstić information content (AvgIpc) is 3.30. The van der Waals surface area contributed by atoms with Crippen LogP contribution in [0.5, 0.6) is 5.75 Å². The Kier molecular flexibility index (Phi) is 4.46. The maximum absolute atomic E-state index is 13.1. The second-order valence-corrected chi connectivity index (χ2v) is 6.92. The summed E-state index contributed by atoms with van der Waals surface area (Å²) in [6, 6.07) is 11.7. The molecule has 0 radical (unpaired) electrons. The van der Waals surface area contributed by atoms with Crippen LogP contribution in [0.15, 0.2) is 42.5 Å². The second-order valence-electron chi connectivity index (χ2n) is 6.92. The van der Waals surface area contributed by atoms with E-state index in [1.165, 1.54) is 12.1 Å². The molecule has 1 atom stereocenters. The zero-order chi connectivity index (χ0) is 19.8. The van der Waals surface area contributed by atoms with Crippen molar-refractivity contribution in [2.24, 2.45) is 5.92 Å². The number of anilines is 2. The molecule has 0 N–H and O–H groups in total. The van der Waals surface area contributed by atoms with Crippen LogP contribution in [0.25, 0.3) is 0 Å². The van der Waals surface area contributed by atoms with Crippen LogP contribution in [0.2, 0.25) is 0 Å². The largest absolute Gasteiger partial charge is 0.497 e. The molecule has 0 bridgehead atoms. The molecule has 0 spiro atoms. The lowest BCUT2D eigenvalue weighted by atomic mass is 10.1. The molecular weight excluding hydrogens is 362 g/mol. The molecule has 2 aromatic carbocycles. The first-order valence-electron chi connectivity index (χ1n) is 9.01. The molecule has 0 aromatic heterocycles. The third kappa shape index (κ3) is 3.06. The van der Waals surface area contributed by atoms with Gasteiger partial charge in [-0.15, -0.1) is 0 Å². The minimum Gasteiger partial charge on any atom is -0.497 e. The van der Waals surface area contributed by atoms with Crippen LogP contribution in [0.4, 0.5) is 17.1 Å². The Hall–Kier alpha value is -3.42. The summed E-state index contributed by atoms with van der Waals surface area (Å²) in [5.74, 6) is -0.0175. The zero-order valence-corrected chi connectivity index (χ0v) is 15.3. The minimum absolute atomic E-state index is 0.0216. The van der Waals surface area contributed by atoms with E-state index in [0.717, 1.165) is 5.56 Å². The van der Waals surface area contributed by atoms with E-state index in [9.17, 15) is 19.7 Å². The molecule has 2 heterocycles. The Labute approximate surface area is 161 Å². The van der Waals surface area contributed by atoms with Crippen LogP contribution in [0.3, 0.4) is 0 Å². The number of fused-ring (bicyclic) bond motifs is 1. The molecule has 2 aromatic rings. The van der Waals surface area contributed by atoms with Crippen LogP contribution in [-0.4, -0.2) is 36.9 Å². The van der Waals surface area contributed by atoms with Gasteiger partial charge in [-0.1, -0.05) is 6.07 Å². The fourth-order valence-electron chi connectivity index (χ4n) is 3.85. The Morgan fingerprint density at radius 3 is 2.82 bits per heavy atom. The second kappa shape index (κ2) is 6.95. The van der Waals surface area contributed by atoms with Gasteiger partial charge in [-0.3, -0.25) is 19.7 Å². The standard InChI is InChI=1S/C20H19N3O5/c1-28-17-4-2-3-15(11-17)22-12-14(10-19(22)24)20(25)21-8-7-13-9-16(23(26)27)5-6-18(13)21/h2-6,9,11,14H,7-8,10,12H2,1H3/t14-/m1/s1. The molecule has 0 saturated carbocycles. The highest BCUT2D eigenvalue weighted by molar-refractivity contribution is 6.05. The van der Waals surface area contributed by atoms with Crippen LogP contribution in [0.1, 0.15) is 12.0 Å². The molecule has 0 aliphatic carbocycles. The molecule has 144 valence electrons. The topological polar surface area (TPSA) is 93.0 Å². The number of carbonyl (C=O) groups excluding carboxylic acids is 2. The minimum atomic E-state index is -0.445. The van der Waals surface area contributed by atoms with Crippen molar-refractivity contribution in [3.05, 3.63) is 58.1 Å². The molecule has 4 rings (SSSR count). The van der Waals surface area contributed by atoms with Crippen molar-refractivity contribution in [2.45, 2.75) is 12.8 Å². The summed E-state index contributed by atoms with van der Waals surface area (Å²) >= 11 is 0. The fraction of sp³-hybridized carbons (Fsp3) is 0.300. The fourth-order valence-corrected chi connectivity index (χ4v) is 3.85. The van der Waals surface area contributed by atoms with E-state index in [4.69, 9.17) is 4.74 Å². The lowest BCUT2D eigenvalue weighted by molar-refractivity contribution is -0.384. The van der Waals surface area contributed by atoms with Gasteiger partial charge in [0.1, 0.15) is 5.75 Å². The van der Waals surface area contributed by atoms with E-state index in [-0.39, 0.29) is 23.9 Å². The molecule has 2 aliphatic heterocycles. The number of hydrogen-bond acceptors (Lipinski definition) is 5. The monoisotopic (exact) mass is 381 g/mol. The summed E-state index contributed by atoms with van der Waals surface area (Å²) in [5.41, 5.74) is 2.21. The van der Waals surface area contributed by atoms with Gasteiger partial charge in [-0.25, -0.2) is 0 Å². The molecule has 1 fully saturated rings. The maximum Gasteiger partial charge on any atom is 0.269 e. The van der Waals surface area contributed by atoms with Gasteiger partial charge in [-0.05, 0) is 30.2 Å². The molecule has 0 unspecified atom stereocenters. The molecule has 8 heteroatoms. The Morgan fingerprint density at radius 2 is 2.07 bits per heavy atom. The van der Waals surface area contributed by atoms with E-state index in [1.54, 1.807) is 41.2 Å². The van der Waals surface area contributed by atoms with Gasteiger partial charge in [-0.2, -0.15) is 0 Å². The van der Waals surface area contributed by atoms with Crippen molar-refractivity contribution >= 4 is 28.9 Å². The number of non-ortho nitro benzene ring substituents is 1.